The Balaban J connectivity index is 1.67. The van der Waals surface area contributed by atoms with Gasteiger partial charge in [0.15, 0.2) is 0 Å². The molecule has 1 aromatic rings. The van der Waals surface area contributed by atoms with Crippen LogP contribution in [0.3, 0.4) is 0 Å². The molecule has 1 amide bonds. The van der Waals surface area contributed by atoms with Crippen LogP contribution in [0.4, 0.5) is 0 Å². The Bertz CT molecular complexity index is 499. The van der Waals surface area contributed by atoms with Crippen molar-refractivity contribution in [2.45, 2.75) is 25.8 Å². The van der Waals surface area contributed by atoms with Crippen molar-refractivity contribution in [1.29, 1.82) is 0 Å². The highest BCUT2D eigenvalue weighted by molar-refractivity contribution is 9.10. The van der Waals surface area contributed by atoms with Gasteiger partial charge in [0.25, 0.3) is 0 Å². The fourth-order valence-corrected chi connectivity index (χ4v) is 3.33. The maximum atomic E-state index is 12.3. The second kappa shape index (κ2) is 5.25. The molecule has 1 heterocycles. The lowest BCUT2D eigenvalue weighted by Crippen LogP contribution is -2.49. The summed E-state index contributed by atoms with van der Waals surface area (Å²) in [4.78, 5) is 12.3. The molecule has 2 unspecified atom stereocenters. The Hall–Kier alpha value is -0.870. The molecule has 0 bridgehead atoms. The highest BCUT2D eigenvalue weighted by Crippen LogP contribution is 2.33. The van der Waals surface area contributed by atoms with Crippen LogP contribution in [0.1, 0.15) is 30.5 Å². The van der Waals surface area contributed by atoms with E-state index in [1.165, 1.54) is 11.1 Å². The van der Waals surface area contributed by atoms with Gasteiger partial charge in [-0.25, -0.2) is 0 Å². The summed E-state index contributed by atoms with van der Waals surface area (Å²) in [5.74, 6) is 0.818. The normalized spacial score (nSPS) is 23.6. The third kappa shape index (κ3) is 2.56. The molecule has 0 aromatic heterocycles. The smallest absolute Gasteiger partial charge is 0.223 e. The molecule has 2 atom stereocenters. The fraction of sp³-hybridized carbons (Fsp3) is 0.533. The zero-order valence-corrected chi connectivity index (χ0v) is 12.7. The van der Waals surface area contributed by atoms with E-state index in [1.807, 2.05) is 6.92 Å². The average Bonchev–Trinajstić information content (AvgIpc) is 2.69. The van der Waals surface area contributed by atoms with Gasteiger partial charge >= 0.3 is 0 Å². The quantitative estimate of drug-likeness (QED) is 0.897. The monoisotopic (exact) mass is 322 g/mol. The van der Waals surface area contributed by atoms with E-state index in [1.54, 1.807) is 0 Å². The number of hydrogen-bond donors (Lipinski definition) is 2. The second-order valence-electron chi connectivity index (χ2n) is 5.65. The second-order valence-corrected chi connectivity index (χ2v) is 6.57. The van der Waals surface area contributed by atoms with Crippen LogP contribution >= 0.6 is 15.9 Å². The highest BCUT2D eigenvalue weighted by atomic mass is 79.9. The number of amides is 1. The van der Waals surface area contributed by atoms with Crippen LogP contribution in [0, 0.1) is 11.8 Å². The summed E-state index contributed by atoms with van der Waals surface area (Å²) in [6.45, 7) is 3.99. The third-order valence-electron chi connectivity index (χ3n) is 4.43. The summed E-state index contributed by atoms with van der Waals surface area (Å²) in [6, 6.07) is 6.56. The summed E-state index contributed by atoms with van der Waals surface area (Å²) in [7, 11) is 0. The standard InChI is InChI=1S/C15H19BrN2O/c1-9(11-7-17-8-11)15(19)18-14-5-2-10-6-12(16)3-4-13(10)14/h3-4,6,9,11,14,17H,2,5,7-8H2,1H3,(H,18,19). The van der Waals surface area contributed by atoms with Gasteiger partial charge in [-0.2, -0.15) is 0 Å². The van der Waals surface area contributed by atoms with E-state index >= 15 is 0 Å². The van der Waals surface area contributed by atoms with Gasteiger partial charge in [-0.15, -0.1) is 0 Å². The molecule has 1 aliphatic carbocycles. The summed E-state index contributed by atoms with van der Waals surface area (Å²) in [5, 5.41) is 6.45. The highest BCUT2D eigenvalue weighted by Gasteiger charge is 2.31. The molecule has 1 aromatic carbocycles. The van der Waals surface area contributed by atoms with Gasteiger partial charge in [0.2, 0.25) is 5.91 Å². The number of hydrogen-bond acceptors (Lipinski definition) is 2. The van der Waals surface area contributed by atoms with Crippen LogP contribution in [-0.4, -0.2) is 19.0 Å². The Morgan fingerprint density at radius 2 is 2.26 bits per heavy atom. The summed E-state index contributed by atoms with van der Waals surface area (Å²) in [5.41, 5.74) is 2.65. The minimum absolute atomic E-state index is 0.112. The van der Waals surface area contributed by atoms with E-state index in [2.05, 4.69) is 44.8 Å². The number of aryl methyl sites for hydroxylation is 1. The molecule has 0 saturated carbocycles. The molecule has 2 aliphatic rings. The van der Waals surface area contributed by atoms with Crippen molar-refractivity contribution in [1.82, 2.24) is 10.6 Å². The number of rotatable bonds is 3. The van der Waals surface area contributed by atoms with Crippen LogP contribution in [0.15, 0.2) is 22.7 Å². The Kier molecular flexibility index (Phi) is 3.63. The third-order valence-corrected chi connectivity index (χ3v) is 4.93. The van der Waals surface area contributed by atoms with Gasteiger partial charge in [-0.05, 0) is 55.1 Å². The number of fused-ring (bicyclic) bond motifs is 1. The number of carbonyl (C=O) groups is 1. The van der Waals surface area contributed by atoms with Crippen LogP contribution in [0.5, 0.6) is 0 Å². The van der Waals surface area contributed by atoms with Crippen molar-refractivity contribution < 1.29 is 4.79 Å². The van der Waals surface area contributed by atoms with Crippen molar-refractivity contribution >= 4 is 21.8 Å². The zero-order valence-electron chi connectivity index (χ0n) is 11.1. The van der Waals surface area contributed by atoms with Gasteiger partial charge in [0.05, 0.1) is 6.04 Å². The molecule has 1 aliphatic heterocycles. The first kappa shape index (κ1) is 13.1. The SMILES string of the molecule is CC(C(=O)NC1CCc2cc(Br)ccc21)C1CNC1. The molecule has 102 valence electrons. The Morgan fingerprint density at radius 1 is 1.47 bits per heavy atom. The first-order chi connectivity index (χ1) is 9.15. The Labute approximate surface area is 122 Å². The summed E-state index contributed by atoms with van der Waals surface area (Å²) < 4.78 is 1.12. The molecule has 19 heavy (non-hydrogen) atoms. The van der Waals surface area contributed by atoms with Crippen molar-refractivity contribution in [3.63, 3.8) is 0 Å². The van der Waals surface area contributed by atoms with Crippen molar-refractivity contribution in [3.05, 3.63) is 33.8 Å². The van der Waals surface area contributed by atoms with E-state index in [-0.39, 0.29) is 17.9 Å². The van der Waals surface area contributed by atoms with Gasteiger partial charge in [0, 0.05) is 10.4 Å². The van der Waals surface area contributed by atoms with Crippen LogP contribution in [0.25, 0.3) is 0 Å². The maximum absolute atomic E-state index is 12.3. The minimum Gasteiger partial charge on any atom is -0.349 e. The van der Waals surface area contributed by atoms with Crippen LogP contribution in [-0.2, 0) is 11.2 Å². The van der Waals surface area contributed by atoms with Crippen LogP contribution in [0.2, 0.25) is 0 Å². The molecule has 3 rings (SSSR count). The number of halogens is 1. The average molecular weight is 323 g/mol. The topological polar surface area (TPSA) is 41.1 Å². The van der Waals surface area contributed by atoms with E-state index in [9.17, 15) is 4.79 Å². The van der Waals surface area contributed by atoms with Crippen LogP contribution < -0.4 is 10.6 Å². The minimum atomic E-state index is 0.112. The number of nitrogens with one attached hydrogen (secondary N) is 2. The lowest BCUT2D eigenvalue weighted by molar-refractivity contribution is -0.127. The van der Waals surface area contributed by atoms with Gasteiger partial charge in [-0.1, -0.05) is 28.9 Å². The zero-order chi connectivity index (χ0) is 13.4. The molecule has 2 N–H and O–H groups in total. The molecule has 4 heteroatoms. The van der Waals surface area contributed by atoms with Crippen molar-refractivity contribution in [2.75, 3.05) is 13.1 Å². The molecule has 0 radical (unpaired) electrons. The fourth-order valence-electron chi connectivity index (χ4n) is 2.92. The van der Waals surface area contributed by atoms with E-state index in [4.69, 9.17) is 0 Å². The molecule has 0 spiro atoms. The summed E-state index contributed by atoms with van der Waals surface area (Å²) in [6.07, 6.45) is 2.08. The molecule has 1 fully saturated rings. The van der Waals surface area contributed by atoms with E-state index < -0.39 is 0 Å². The molecular formula is C15H19BrN2O. The molecular weight excluding hydrogens is 304 g/mol. The number of benzene rings is 1. The van der Waals surface area contributed by atoms with Gasteiger partial charge in [-0.3, -0.25) is 4.79 Å². The first-order valence-electron chi connectivity index (χ1n) is 6.94. The molecule has 1 saturated heterocycles. The largest absolute Gasteiger partial charge is 0.349 e. The van der Waals surface area contributed by atoms with Crippen molar-refractivity contribution in [3.8, 4) is 0 Å². The maximum Gasteiger partial charge on any atom is 0.223 e. The van der Waals surface area contributed by atoms with E-state index in [0.717, 1.165) is 30.4 Å². The predicted octanol–water partition coefficient (Wildman–Crippen LogP) is 2.41. The lowest BCUT2D eigenvalue weighted by Gasteiger charge is -2.32. The summed E-state index contributed by atoms with van der Waals surface area (Å²) >= 11 is 3.50. The molecule has 3 nitrogen and oxygen atoms in total. The van der Waals surface area contributed by atoms with E-state index in [0.29, 0.717) is 5.92 Å². The lowest BCUT2D eigenvalue weighted by atomic mass is 9.88. The van der Waals surface area contributed by atoms with Gasteiger partial charge < -0.3 is 10.6 Å². The van der Waals surface area contributed by atoms with Crippen molar-refractivity contribution in [2.24, 2.45) is 11.8 Å². The predicted molar refractivity (Wildman–Crippen MR) is 78.9 cm³/mol. The Morgan fingerprint density at radius 3 is 2.95 bits per heavy atom. The first-order valence-corrected chi connectivity index (χ1v) is 7.74. The number of carbonyl (C=O) groups excluding carboxylic acids is 1. The van der Waals surface area contributed by atoms with Gasteiger partial charge in [0.1, 0.15) is 0 Å².